The van der Waals surface area contributed by atoms with Crippen molar-refractivity contribution in [3.63, 3.8) is 0 Å². The van der Waals surface area contributed by atoms with Gasteiger partial charge in [-0.3, -0.25) is 28.8 Å². The summed E-state index contributed by atoms with van der Waals surface area (Å²) in [6, 6.07) is 0. The first-order valence-corrected chi connectivity index (χ1v) is 19.0. The average molecular weight is 695 g/mol. The zero-order valence-electron chi connectivity index (χ0n) is 30.7. The van der Waals surface area contributed by atoms with Crippen molar-refractivity contribution in [1.82, 2.24) is 20.0 Å². The van der Waals surface area contributed by atoms with Crippen LogP contribution in [0.5, 0.6) is 0 Å². The van der Waals surface area contributed by atoms with Crippen LogP contribution in [0.3, 0.4) is 0 Å². The van der Waals surface area contributed by atoms with Gasteiger partial charge in [0, 0.05) is 72.0 Å². The molecule has 12 heteroatoms. The van der Waals surface area contributed by atoms with Gasteiger partial charge >= 0.3 is 11.9 Å². The van der Waals surface area contributed by atoms with E-state index >= 15 is 0 Å². The number of carbonyl (C=O) groups is 6. The van der Waals surface area contributed by atoms with E-state index in [1.807, 2.05) is 4.90 Å². The van der Waals surface area contributed by atoms with Gasteiger partial charge in [-0.15, -0.1) is 0 Å². The number of hydrogen-bond donors (Lipinski definition) is 3. The van der Waals surface area contributed by atoms with Crippen molar-refractivity contribution >= 4 is 35.6 Å². The van der Waals surface area contributed by atoms with Crippen LogP contribution >= 0.6 is 0 Å². The topological polar surface area (TPSA) is 165 Å². The van der Waals surface area contributed by atoms with Crippen LogP contribution in [0, 0.1) is 11.8 Å². The highest BCUT2D eigenvalue weighted by Crippen LogP contribution is 2.19. The fourth-order valence-electron chi connectivity index (χ4n) is 6.21. The van der Waals surface area contributed by atoms with E-state index in [0.717, 1.165) is 64.7 Å². The third kappa shape index (κ3) is 20.2. The summed E-state index contributed by atoms with van der Waals surface area (Å²) in [5.74, 6) is -2.19. The summed E-state index contributed by atoms with van der Waals surface area (Å²) in [6.07, 6.45) is 22.1. The lowest BCUT2D eigenvalue weighted by Gasteiger charge is -2.15. The third-order valence-corrected chi connectivity index (χ3v) is 9.39. The standard InChI is InChI=1S/C16H31NO.C11H19NO3.C6H9NO3.C4H7NO/c1-2-3-4-5-6-7-8-9-10-11-14-17-15-12-13-16(17)18;1-2-3-4-5-6-12-8-9(11(14)15)7-10(12)13;1-7-3-4(6(9)10)2-5(7)8;6-4-2-1-3-5-4/h2-15H2,1H3;9H,2-8H2,1H3,(H,14,15);4H,2-3H2,1H3,(H,9,10);1-3H2,(H,5,6). The quantitative estimate of drug-likeness (QED) is 0.159. The minimum atomic E-state index is -0.877. The van der Waals surface area contributed by atoms with Gasteiger partial charge in [-0.05, 0) is 25.7 Å². The lowest BCUT2D eigenvalue weighted by atomic mass is 10.1. The fourth-order valence-corrected chi connectivity index (χ4v) is 6.21. The van der Waals surface area contributed by atoms with E-state index in [9.17, 15) is 28.8 Å². The minimum absolute atomic E-state index is 0.00102. The number of carboxylic acids is 2. The Kier molecular flexibility index (Phi) is 23.9. The fraction of sp³-hybridized carbons (Fsp3) is 0.838. The van der Waals surface area contributed by atoms with E-state index < -0.39 is 23.8 Å². The molecule has 0 aromatic carbocycles. The van der Waals surface area contributed by atoms with Crippen molar-refractivity contribution in [2.45, 2.75) is 142 Å². The largest absolute Gasteiger partial charge is 0.481 e. The molecular weight excluding hydrogens is 628 g/mol. The zero-order valence-corrected chi connectivity index (χ0v) is 30.7. The maximum Gasteiger partial charge on any atom is 0.308 e. The number of hydrogen-bond acceptors (Lipinski definition) is 6. The van der Waals surface area contributed by atoms with Gasteiger partial charge in [-0.1, -0.05) is 90.9 Å². The first-order valence-electron chi connectivity index (χ1n) is 19.0. The second-order valence-corrected chi connectivity index (χ2v) is 13.8. The van der Waals surface area contributed by atoms with Gasteiger partial charge in [0.1, 0.15) is 0 Å². The molecule has 4 fully saturated rings. The van der Waals surface area contributed by atoms with Crippen LogP contribution in [0.1, 0.15) is 142 Å². The van der Waals surface area contributed by atoms with Gasteiger partial charge in [0.15, 0.2) is 0 Å². The first-order chi connectivity index (χ1) is 23.5. The van der Waals surface area contributed by atoms with Gasteiger partial charge in [-0.25, -0.2) is 0 Å². The van der Waals surface area contributed by atoms with Crippen LogP contribution in [-0.2, 0) is 28.8 Å². The summed E-state index contributed by atoms with van der Waals surface area (Å²) in [5, 5.41) is 19.9. The summed E-state index contributed by atoms with van der Waals surface area (Å²) >= 11 is 0. The van der Waals surface area contributed by atoms with Crippen molar-refractivity contribution in [2.24, 2.45) is 11.8 Å². The molecule has 282 valence electrons. The SMILES string of the molecule is CCCCCCCCCCCCN1CCCC1=O.CCCCCCN1CC(C(=O)O)CC1=O.CN1CC(C(=O)O)CC1=O.O=C1CCCN1. The Morgan fingerprint density at radius 1 is 0.633 bits per heavy atom. The molecule has 0 aromatic heterocycles. The van der Waals surface area contributed by atoms with E-state index in [1.54, 1.807) is 11.9 Å². The molecule has 0 radical (unpaired) electrons. The monoisotopic (exact) mass is 694 g/mol. The lowest BCUT2D eigenvalue weighted by Crippen LogP contribution is -2.27. The van der Waals surface area contributed by atoms with E-state index in [0.29, 0.717) is 19.0 Å². The average Bonchev–Trinajstić information content (AvgIpc) is 3.87. The smallest absolute Gasteiger partial charge is 0.308 e. The van der Waals surface area contributed by atoms with Crippen LogP contribution in [0.4, 0.5) is 0 Å². The van der Waals surface area contributed by atoms with E-state index in [4.69, 9.17) is 10.2 Å². The molecule has 0 spiro atoms. The molecular formula is C37H66N4O8. The van der Waals surface area contributed by atoms with Crippen molar-refractivity contribution in [1.29, 1.82) is 0 Å². The molecule has 4 aliphatic heterocycles. The summed E-state index contributed by atoms with van der Waals surface area (Å²) < 4.78 is 0. The molecule has 4 amide bonds. The summed E-state index contributed by atoms with van der Waals surface area (Å²) in [7, 11) is 1.62. The van der Waals surface area contributed by atoms with Crippen molar-refractivity contribution in [2.75, 3.05) is 46.3 Å². The number of rotatable bonds is 18. The van der Waals surface area contributed by atoms with Crippen molar-refractivity contribution < 1.29 is 39.0 Å². The minimum Gasteiger partial charge on any atom is -0.481 e. The predicted octanol–water partition coefficient (Wildman–Crippen LogP) is 5.48. The second kappa shape index (κ2) is 26.7. The Labute approximate surface area is 294 Å². The summed E-state index contributed by atoms with van der Waals surface area (Å²) in [4.78, 5) is 69.9. The molecule has 3 N–H and O–H groups in total. The summed E-state index contributed by atoms with van der Waals surface area (Å²) in [6.45, 7) is 8.80. The molecule has 0 aliphatic carbocycles. The van der Waals surface area contributed by atoms with E-state index in [-0.39, 0.29) is 30.6 Å². The Morgan fingerprint density at radius 2 is 1.12 bits per heavy atom. The van der Waals surface area contributed by atoms with Crippen LogP contribution in [0.15, 0.2) is 0 Å². The molecule has 0 bridgehead atoms. The maximum absolute atomic E-state index is 11.4. The molecule has 2 unspecified atom stereocenters. The number of likely N-dealkylation sites (tertiary alicyclic amines) is 3. The molecule has 0 aromatic rings. The number of nitrogens with one attached hydrogen (secondary N) is 1. The second-order valence-electron chi connectivity index (χ2n) is 13.8. The molecule has 4 saturated heterocycles. The van der Waals surface area contributed by atoms with E-state index in [1.165, 1.54) is 81.9 Å². The van der Waals surface area contributed by atoms with Gasteiger partial charge in [-0.2, -0.15) is 0 Å². The highest BCUT2D eigenvalue weighted by atomic mass is 16.4. The molecule has 12 nitrogen and oxygen atoms in total. The van der Waals surface area contributed by atoms with Crippen molar-refractivity contribution in [3.05, 3.63) is 0 Å². The molecule has 2 atom stereocenters. The first kappa shape index (κ1) is 43.8. The highest BCUT2D eigenvalue weighted by molar-refractivity contribution is 5.86. The van der Waals surface area contributed by atoms with Crippen molar-refractivity contribution in [3.8, 4) is 0 Å². The number of carbonyl (C=O) groups excluding carboxylic acids is 4. The van der Waals surface area contributed by atoms with Gasteiger partial charge in [0.05, 0.1) is 11.8 Å². The van der Waals surface area contributed by atoms with Crippen LogP contribution in [0.2, 0.25) is 0 Å². The Bertz CT molecular complexity index is 999. The Morgan fingerprint density at radius 3 is 1.49 bits per heavy atom. The predicted molar refractivity (Wildman–Crippen MR) is 190 cm³/mol. The number of carboxylic acid groups (broad SMARTS) is 2. The number of unbranched alkanes of at least 4 members (excludes halogenated alkanes) is 12. The number of aliphatic carboxylic acids is 2. The normalized spacial score (nSPS) is 19.9. The van der Waals surface area contributed by atoms with Crippen LogP contribution in [-0.4, -0.2) is 107 Å². The van der Waals surface area contributed by atoms with Gasteiger partial charge in [0.2, 0.25) is 23.6 Å². The molecule has 4 aliphatic rings. The lowest BCUT2D eigenvalue weighted by molar-refractivity contribution is -0.142. The Hall–Kier alpha value is -3.18. The molecule has 49 heavy (non-hydrogen) atoms. The molecule has 0 saturated carbocycles. The Balaban J connectivity index is 0.000000347. The van der Waals surface area contributed by atoms with Crippen LogP contribution in [0.25, 0.3) is 0 Å². The highest BCUT2D eigenvalue weighted by Gasteiger charge is 2.33. The zero-order chi connectivity index (χ0) is 36.4. The van der Waals surface area contributed by atoms with Gasteiger partial charge < -0.3 is 30.2 Å². The van der Waals surface area contributed by atoms with Gasteiger partial charge in [0.25, 0.3) is 0 Å². The maximum atomic E-state index is 11.4. The molecule has 4 rings (SSSR count). The number of amides is 4. The molecule has 4 heterocycles. The third-order valence-electron chi connectivity index (χ3n) is 9.39. The van der Waals surface area contributed by atoms with E-state index in [2.05, 4.69) is 19.2 Å². The van der Waals surface area contributed by atoms with Crippen LogP contribution < -0.4 is 5.32 Å². The summed E-state index contributed by atoms with van der Waals surface area (Å²) in [5.41, 5.74) is 0. The number of nitrogens with zero attached hydrogens (tertiary/aromatic N) is 3.